The highest BCUT2D eigenvalue weighted by atomic mass is 16.1. The van der Waals surface area contributed by atoms with Crippen molar-refractivity contribution in [1.29, 1.82) is 0 Å². The SMILES string of the molecule is CC(NCc1ccncc1)n1ccc2ccccc2c1=O. The minimum absolute atomic E-state index is 0.0304. The zero-order valence-corrected chi connectivity index (χ0v) is 11.9. The molecule has 21 heavy (non-hydrogen) atoms. The quantitative estimate of drug-likeness (QED) is 0.798. The zero-order chi connectivity index (χ0) is 14.7. The molecule has 0 amide bonds. The molecule has 0 fully saturated rings. The maximum absolute atomic E-state index is 12.5. The lowest BCUT2D eigenvalue weighted by Gasteiger charge is -2.17. The van der Waals surface area contributed by atoms with E-state index in [9.17, 15) is 4.79 Å². The van der Waals surface area contributed by atoms with E-state index < -0.39 is 0 Å². The van der Waals surface area contributed by atoms with Gasteiger partial charge in [0.05, 0.1) is 6.17 Å². The van der Waals surface area contributed by atoms with Crippen molar-refractivity contribution in [3.8, 4) is 0 Å². The van der Waals surface area contributed by atoms with Crippen molar-refractivity contribution in [2.24, 2.45) is 0 Å². The molecule has 3 aromatic rings. The van der Waals surface area contributed by atoms with Gasteiger partial charge in [0.1, 0.15) is 0 Å². The van der Waals surface area contributed by atoms with Crippen molar-refractivity contribution in [2.75, 3.05) is 0 Å². The van der Waals surface area contributed by atoms with Gasteiger partial charge in [-0.3, -0.25) is 19.7 Å². The molecule has 106 valence electrons. The summed E-state index contributed by atoms with van der Waals surface area (Å²) in [6.45, 7) is 2.68. The average molecular weight is 279 g/mol. The smallest absolute Gasteiger partial charge is 0.259 e. The highest BCUT2D eigenvalue weighted by Gasteiger charge is 2.08. The Hall–Kier alpha value is -2.46. The molecule has 4 nitrogen and oxygen atoms in total. The van der Waals surface area contributed by atoms with Crippen molar-refractivity contribution >= 4 is 10.8 Å². The predicted molar refractivity (Wildman–Crippen MR) is 84.0 cm³/mol. The van der Waals surface area contributed by atoms with Crippen molar-refractivity contribution in [3.63, 3.8) is 0 Å². The van der Waals surface area contributed by atoms with Crippen molar-refractivity contribution in [1.82, 2.24) is 14.9 Å². The fraction of sp³-hybridized carbons (Fsp3) is 0.176. The zero-order valence-electron chi connectivity index (χ0n) is 11.9. The number of hydrogen-bond donors (Lipinski definition) is 1. The van der Waals surface area contributed by atoms with Crippen molar-refractivity contribution in [3.05, 3.63) is 77.0 Å². The molecule has 1 aromatic carbocycles. The first kappa shape index (κ1) is 13.5. The van der Waals surface area contributed by atoms with Crippen LogP contribution in [0.5, 0.6) is 0 Å². The van der Waals surface area contributed by atoms with Crippen LogP contribution in [0.1, 0.15) is 18.7 Å². The first-order valence-corrected chi connectivity index (χ1v) is 6.98. The lowest BCUT2D eigenvalue weighted by atomic mass is 10.2. The summed E-state index contributed by atoms with van der Waals surface area (Å²) in [6.07, 6.45) is 5.30. The van der Waals surface area contributed by atoms with Crippen LogP contribution < -0.4 is 10.9 Å². The van der Waals surface area contributed by atoms with E-state index in [2.05, 4.69) is 10.3 Å². The van der Waals surface area contributed by atoms with E-state index in [1.807, 2.05) is 55.6 Å². The van der Waals surface area contributed by atoms with E-state index in [0.29, 0.717) is 6.54 Å². The molecule has 0 saturated carbocycles. The third kappa shape index (κ3) is 2.85. The van der Waals surface area contributed by atoms with Gasteiger partial charge in [-0.1, -0.05) is 18.2 Å². The second-order valence-electron chi connectivity index (χ2n) is 5.03. The molecular formula is C17H17N3O. The molecule has 0 bridgehead atoms. The summed E-state index contributed by atoms with van der Waals surface area (Å²) in [4.78, 5) is 16.5. The standard InChI is InChI=1S/C17H17N3O/c1-13(19-12-14-6-9-18-10-7-14)20-11-8-15-4-2-3-5-16(15)17(20)21/h2-11,13,19H,12H2,1H3. The van der Waals surface area contributed by atoms with Crippen LogP contribution >= 0.6 is 0 Å². The van der Waals surface area contributed by atoms with Gasteiger partial charge in [0, 0.05) is 30.5 Å². The van der Waals surface area contributed by atoms with E-state index in [1.165, 1.54) is 0 Å². The Labute approximate surface area is 123 Å². The number of nitrogens with one attached hydrogen (secondary N) is 1. The molecule has 2 aromatic heterocycles. The van der Waals surface area contributed by atoms with Gasteiger partial charge in [-0.15, -0.1) is 0 Å². The monoisotopic (exact) mass is 279 g/mol. The van der Waals surface area contributed by atoms with E-state index in [0.717, 1.165) is 16.3 Å². The second-order valence-corrected chi connectivity index (χ2v) is 5.03. The lowest BCUT2D eigenvalue weighted by molar-refractivity contribution is 0.426. The van der Waals surface area contributed by atoms with Crippen LogP contribution in [0.4, 0.5) is 0 Å². The number of fused-ring (bicyclic) bond motifs is 1. The molecule has 1 N–H and O–H groups in total. The molecule has 1 atom stereocenters. The van der Waals surface area contributed by atoms with Gasteiger partial charge in [-0.2, -0.15) is 0 Å². The summed E-state index contributed by atoms with van der Waals surface area (Å²) < 4.78 is 1.73. The van der Waals surface area contributed by atoms with Crippen LogP contribution in [-0.4, -0.2) is 9.55 Å². The van der Waals surface area contributed by atoms with Crippen LogP contribution in [0, 0.1) is 0 Å². The minimum atomic E-state index is -0.0738. The topological polar surface area (TPSA) is 46.9 Å². The molecule has 2 heterocycles. The molecule has 0 aliphatic carbocycles. The number of aromatic nitrogens is 2. The first-order valence-electron chi connectivity index (χ1n) is 6.98. The molecular weight excluding hydrogens is 262 g/mol. The third-order valence-corrected chi connectivity index (χ3v) is 3.61. The van der Waals surface area contributed by atoms with Gasteiger partial charge in [0.2, 0.25) is 0 Å². The van der Waals surface area contributed by atoms with Crippen LogP contribution in [-0.2, 0) is 6.54 Å². The highest BCUT2D eigenvalue weighted by molar-refractivity contribution is 5.81. The van der Waals surface area contributed by atoms with Gasteiger partial charge >= 0.3 is 0 Å². The lowest BCUT2D eigenvalue weighted by Crippen LogP contribution is -2.31. The van der Waals surface area contributed by atoms with E-state index in [4.69, 9.17) is 0 Å². The van der Waals surface area contributed by atoms with Crippen molar-refractivity contribution in [2.45, 2.75) is 19.6 Å². The third-order valence-electron chi connectivity index (χ3n) is 3.61. The summed E-state index contributed by atoms with van der Waals surface area (Å²) >= 11 is 0. The highest BCUT2D eigenvalue weighted by Crippen LogP contribution is 2.10. The summed E-state index contributed by atoms with van der Waals surface area (Å²) in [5.41, 5.74) is 1.17. The Kier molecular flexibility index (Phi) is 3.79. The molecule has 1 unspecified atom stereocenters. The van der Waals surface area contributed by atoms with Gasteiger partial charge < -0.3 is 0 Å². The minimum Gasteiger partial charge on any atom is -0.299 e. The molecule has 0 radical (unpaired) electrons. The molecule has 0 spiro atoms. The fourth-order valence-corrected chi connectivity index (χ4v) is 2.37. The Balaban J connectivity index is 1.83. The summed E-state index contributed by atoms with van der Waals surface area (Å²) in [7, 11) is 0. The normalized spacial score (nSPS) is 12.4. The molecule has 0 aliphatic heterocycles. The second kappa shape index (κ2) is 5.89. The molecule has 0 aliphatic rings. The van der Waals surface area contributed by atoms with Crippen LogP contribution in [0.25, 0.3) is 10.8 Å². The van der Waals surface area contributed by atoms with Crippen LogP contribution in [0.3, 0.4) is 0 Å². The maximum atomic E-state index is 12.5. The predicted octanol–water partition coefficient (Wildman–Crippen LogP) is 2.70. The largest absolute Gasteiger partial charge is 0.299 e. The fourth-order valence-electron chi connectivity index (χ4n) is 2.37. The Morgan fingerprint density at radius 1 is 1.14 bits per heavy atom. The van der Waals surface area contributed by atoms with Gasteiger partial charge in [-0.05, 0) is 42.1 Å². The average Bonchev–Trinajstić information content (AvgIpc) is 2.54. The number of hydrogen-bond acceptors (Lipinski definition) is 3. The Morgan fingerprint density at radius 2 is 1.90 bits per heavy atom. The van der Waals surface area contributed by atoms with Crippen LogP contribution in [0.15, 0.2) is 65.8 Å². The van der Waals surface area contributed by atoms with Crippen LogP contribution in [0.2, 0.25) is 0 Å². The summed E-state index contributed by atoms with van der Waals surface area (Å²) in [6, 6.07) is 13.5. The van der Waals surface area contributed by atoms with E-state index >= 15 is 0 Å². The molecule has 0 saturated heterocycles. The number of pyridine rings is 2. The number of nitrogens with zero attached hydrogens (tertiary/aromatic N) is 2. The Morgan fingerprint density at radius 3 is 2.71 bits per heavy atom. The number of rotatable bonds is 4. The van der Waals surface area contributed by atoms with Gasteiger partial charge in [0.15, 0.2) is 0 Å². The van der Waals surface area contributed by atoms with Gasteiger partial charge in [-0.25, -0.2) is 0 Å². The van der Waals surface area contributed by atoms with E-state index in [1.54, 1.807) is 17.0 Å². The summed E-state index contributed by atoms with van der Waals surface area (Å²) in [5.74, 6) is 0. The van der Waals surface area contributed by atoms with E-state index in [-0.39, 0.29) is 11.7 Å². The van der Waals surface area contributed by atoms with Crippen molar-refractivity contribution < 1.29 is 0 Å². The number of benzene rings is 1. The Bertz CT molecular complexity index is 796. The summed E-state index contributed by atoms with van der Waals surface area (Å²) in [5, 5.41) is 5.08. The van der Waals surface area contributed by atoms with Gasteiger partial charge in [0.25, 0.3) is 5.56 Å². The molecule has 4 heteroatoms. The first-order chi connectivity index (χ1) is 10.3. The maximum Gasteiger partial charge on any atom is 0.259 e. The molecule has 3 rings (SSSR count).